The van der Waals surface area contributed by atoms with Crippen LogP contribution in [0.3, 0.4) is 0 Å². The molecule has 10 nitrogen and oxygen atoms in total. The summed E-state index contributed by atoms with van der Waals surface area (Å²) in [6, 6.07) is 2.07. The molecule has 208 valence electrons. The molecule has 1 aromatic rings. The van der Waals surface area contributed by atoms with Crippen LogP contribution in [0.25, 0.3) is 0 Å². The number of esters is 1. The lowest BCUT2D eigenvalue weighted by molar-refractivity contribution is -0.147. The summed E-state index contributed by atoms with van der Waals surface area (Å²) in [5, 5.41) is 7.47. The second-order valence-electron chi connectivity index (χ2n) is 10.2. The second-order valence-corrected chi connectivity index (χ2v) is 11.2. The van der Waals surface area contributed by atoms with E-state index < -0.39 is 41.9 Å². The van der Waals surface area contributed by atoms with Gasteiger partial charge in [-0.1, -0.05) is 26.3 Å². The van der Waals surface area contributed by atoms with E-state index in [0.29, 0.717) is 26.0 Å². The van der Waals surface area contributed by atoms with E-state index in [1.165, 1.54) is 23.3 Å². The van der Waals surface area contributed by atoms with Gasteiger partial charge >= 0.3 is 12.1 Å². The molecule has 2 heterocycles. The van der Waals surface area contributed by atoms with Gasteiger partial charge in [0.05, 0.1) is 13.7 Å². The molecule has 0 bridgehead atoms. The van der Waals surface area contributed by atoms with Crippen molar-refractivity contribution in [3.63, 3.8) is 0 Å². The number of carbonyl (C=O) groups excluding carboxylic acids is 4. The van der Waals surface area contributed by atoms with Crippen LogP contribution < -0.4 is 10.6 Å². The van der Waals surface area contributed by atoms with Gasteiger partial charge in [-0.05, 0) is 44.6 Å². The van der Waals surface area contributed by atoms with E-state index in [-0.39, 0.29) is 31.1 Å². The molecule has 3 amide bonds. The maximum absolute atomic E-state index is 13.2. The van der Waals surface area contributed by atoms with Crippen LogP contribution in [0.2, 0.25) is 0 Å². The minimum Gasteiger partial charge on any atom is -0.467 e. The molecule has 1 saturated heterocycles. The molecular formula is C26H41N3O7S. The van der Waals surface area contributed by atoms with Crippen LogP contribution in [0.1, 0.15) is 65.2 Å². The molecule has 1 unspecified atom stereocenters. The fraction of sp³-hybridized carbons (Fsp3) is 0.692. The number of nitrogens with zero attached hydrogens (tertiary/aromatic N) is 1. The molecule has 2 N–H and O–H groups in total. The minimum atomic E-state index is -0.878. The molecule has 2 rings (SSSR count). The molecule has 11 heteroatoms. The number of methoxy groups -OCH3 is 1. The van der Waals surface area contributed by atoms with Crippen molar-refractivity contribution in [1.29, 1.82) is 0 Å². The van der Waals surface area contributed by atoms with Gasteiger partial charge in [-0.25, -0.2) is 9.59 Å². The highest BCUT2D eigenvalue weighted by Crippen LogP contribution is 2.20. The quantitative estimate of drug-likeness (QED) is 0.414. The molecule has 37 heavy (non-hydrogen) atoms. The van der Waals surface area contributed by atoms with Gasteiger partial charge in [-0.2, -0.15) is 0 Å². The third-order valence-electron chi connectivity index (χ3n) is 6.05. The van der Waals surface area contributed by atoms with Crippen molar-refractivity contribution in [1.82, 2.24) is 15.5 Å². The van der Waals surface area contributed by atoms with Crippen molar-refractivity contribution in [3.8, 4) is 0 Å². The highest BCUT2D eigenvalue weighted by Gasteiger charge is 2.33. The number of hydrogen-bond donors (Lipinski definition) is 2. The monoisotopic (exact) mass is 539 g/mol. The number of ether oxygens (including phenoxy) is 3. The highest BCUT2D eigenvalue weighted by molar-refractivity contribution is 7.09. The van der Waals surface area contributed by atoms with Gasteiger partial charge in [-0.15, -0.1) is 11.3 Å². The van der Waals surface area contributed by atoms with E-state index in [4.69, 9.17) is 14.2 Å². The third-order valence-corrected chi connectivity index (χ3v) is 6.95. The summed E-state index contributed by atoms with van der Waals surface area (Å²) in [6.07, 6.45) is 0.868. The number of nitrogens with one attached hydrogen (secondary N) is 2. The summed E-state index contributed by atoms with van der Waals surface area (Å²) in [7, 11) is 1.28. The summed E-state index contributed by atoms with van der Waals surface area (Å²) < 4.78 is 16.1. The predicted octanol–water partition coefficient (Wildman–Crippen LogP) is 3.24. The lowest BCUT2D eigenvalue weighted by Crippen LogP contribution is -2.54. The zero-order valence-electron chi connectivity index (χ0n) is 22.7. The molecule has 1 aromatic heterocycles. The zero-order valence-corrected chi connectivity index (χ0v) is 23.5. The van der Waals surface area contributed by atoms with Crippen LogP contribution in [0.5, 0.6) is 0 Å². The Hall–Kier alpha value is -2.66. The smallest absolute Gasteiger partial charge is 0.412 e. The first-order valence-corrected chi connectivity index (χ1v) is 13.6. The molecule has 0 saturated carbocycles. The Balaban J connectivity index is 2.06. The first-order valence-electron chi connectivity index (χ1n) is 12.8. The number of thiophene rings is 1. The molecule has 0 radical (unpaired) electrons. The average molecular weight is 540 g/mol. The largest absolute Gasteiger partial charge is 0.467 e. The molecule has 1 fully saturated rings. The summed E-state index contributed by atoms with van der Waals surface area (Å²) in [4.78, 5) is 53.5. The standard InChI is InChI=1S/C26H41N3O7S/c1-7-17(2)22(24(32)34-6)28-23(31)19(16-18-10-8-15-37-18)27-20(30)11-12-21-29(13-9-14-35-21)25(33)36-26(3,4)5/h8,10,15,17,19,21-22H,7,9,11-14,16H2,1-6H3,(H,27,30)(H,28,31)/t17-,19-,21?,22-/m0/s1. The van der Waals surface area contributed by atoms with E-state index in [1.807, 2.05) is 31.4 Å². The maximum Gasteiger partial charge on any atom is 0.412 e. The van der Waals surface area contributed by atoms with Crippen molar-refractivity contribution in [2.45, 2.75) is 90.6 Å². The fourth-order valence-electron chi connectivity index (χ4n) is 3.87. The van der Waals surface area contributed by atoms with Crippen LogP contribution in [0.15, 0.2) is 17.5 Å². The molecule has 1 aliphatic heterocycles. The maximum atomic E-state index is 13.2. The van der Waals surface area contributed by atoms with Gasteiger partial charge in [0.2, 0.25) is 11.8 Å². The molecular weight excluding hydrogens is 498 g/mol. The van der Waals surface area contributed by atoms with Crippen molar-refractivity contribution >= 4 is 35.2 Å². The number of rotatable bonds is 11. The van der Waals surface area contributed by atoms with Gasteiger partial charge in [0.25, 0.3) is 0 Å². The molecule has 0 aromatic carbocycles. The van der Waals surface area contributed by atoms with Crippen LogP contribution in [-0.4, -0.2) is 73.0 Å². The van der Waals surface area contributed by atoms with Crippen molar-refractivity contribution in [2.24, 2.45) is 5.92 Å². The Bertz CT molecular complexity index is 900. The molecule has 0 aliphatic carbocycles. The number of amides is 3. The van der Waals surface area contributed by atoms with E-state index in [9.17, 15) is 19.2 Å². The fourth-order valence-corrected chi connectivity index (χ4v) is 4.62. The van der Waals surface area contributed by atoms with Crippen molar-refractivity contribution < 1.29 is 33.4 Å². The van der Waals surface area contributed by atoms with Gasteiger partial charge in [0.1, 0.15) is 23.9 Å². The van der Waals surface area contributed by atoms with Crippen LogP contribution >= 0.6 is 11.3 Å². The molecule has 1 aliphatic rings. The van der Waals surface area contributed by atoms with Crippen LogP contribution in [0, 0.1) is 5.92 Å². The van der Waals surface area contributed by atoms with Gasteiger partial charge in [0.15, 0.2) is 0 Å². The van der Waals surface area contributed by atoms with Gasteiger partial charge in [-0.3, -0.25) is 14.5 Å². The summed E-state index contributed by atoms with van der Waals surface area (Å²) >= 11 is 1.48. The Kier molecular flexibility index (Phi) is 11.8. The number of hydrogen-bond acceptors (Lipinski definition) is 8. The predicted molar refractivity (Wildman–Crippen MR) is 140 cm³/mol. The van der Waals surface area contributed by atoms with E-state index in [0.717, 1.165) is 4.88 Å². The third kappa shape index (κ3) is 9.96. The van der Waals surface area contributed by atoms with E-state index in [2.05, 4.69) is 10.6 Å². The summed E-state index contributed by atoms with van der Waals surface area (Å²) in [6.45, 7) is 10.1. The SMILES string of the molecule is CC[C@H](C)[C@H](NC(=O)[C@H](Cc1cccs1)NC(=O)CCC1OCCCN1C(=O)OC(C)(C)C)C(=O)OC. The Morgan fingerprint density at radius 2 is 1.97 bits per heavy atom. The first-order chi connectivity index (χ1) is 17.4. The second kappa shape index (κ2) is 14.3. The lowest BCUT2D eigenvalue weighted by atomic mass is 9.98. The summed E-state index contributed by atoms with van der Waals surface area (Å²) in [5.41, 5.74) is -0.643. The topological polar surface area (TPSA) is 123 Å². The van der Waals surface area contributed by atoms with Crippen LogP contribution in [-0.2, 0) is 35.0 Å². The Morgan fingerprint density at radius 1 is 1.24 bits per heavy atom. The Labute approximate surface area is 223 Å². The average Bonchev–Trinajstić information content (AvgIpc) is 3.36. The highest BCUT2D eigenvalue weighted by atomic mass is 32.1. The first kappa shape index (κ1) is 30.6. The lowest BCUT2D eigenvalue weighted by Gasteiger charge is -2.36. The van der Waals surface area contributed by atoms with Crippen LogP contribution in [0.4, 0.5) is 4.79 Å². The molecule has 4 atom stereocenters. The van der Waals surface area contributed by atoms with E-state index in [1.54, 1.807) is 20.8 Å². The van der Waals surface area contributed by atoms with Crippen molar-refractivity contribution in [2.75, 3.05) is 20.3 Å². The van der Waals surface area contributed by atoms with Gasteiger partial charge < -0.3 is 24.8 Å². The number of carbonyl (C=O) groups is 4. The molecule has 0 spiro atoms. The normalized spacial score (nSPS) is 18.3. The summed E-state index contributed by atoms with van der Waals surface area (Å²) in [5.74, 6) is -1.48. The van der Waals surface area contributed by atoms with Crippen molar-refractivity contribution in [3.05, 3.63) is 22.4 Å². The zero-order chi connectivity index (χ0) is 27.6. The Morgan fingerprint density at radius 3 is 2.57 bits per heavy atom. The minimum absolute atomic E-state index is 0.0456. The van der Waals surface area contributed by atoms with Gasteiger partial charge in [0, 0.05) is 30.7 Å². The van der Waals surface area contributed by atoms with E-state index >= 15 is 0 Å².